The van der Waals surface area contributed by atoms with Crippen molar-refractivity contribution in [3.8, 4) is 0 Å². The van der Waals surface area contributed by atoms with Crippen molar-refractivity contribution >= 4 is 22.0 Å². The van der Waals surface area contributed by atoms with Crippen molar-refractivity contribution in [3.05, 3.63) is 34.3 Å². The highest BCUT2D eigenvalue weighted by Crippen LogP contribution is 2.39. The molecule has 3 nitrogen and oxygen atoms in total. The Morgan fingerprint density at radius 1 is 1.29 bits per heavy atom. The van der Waals surface area contributed by atoms with Crippen molar-refractivity contribution in [3.63, 3.8) is 0 Å². The van der Waals surface area contributed by atoms with Crippen LogP contribution in [0.5, 0.6) is 0 Å². The standard InChI is InChI=1S/C13H18BrNO2/c1-12(2,3)13(4,15-11(16)17)9-6-5-7-10(14)8-9/h5-8,15H,1-4H3,(H,16,17)/t13-/m1/s1. The number of benzene rings is 1. The van der Waals surface area contributed by atoms with Gasteiger partial charge in [-0.05, 0) is 30.0 Å². The summed E-state index contributed by atoms with van der Waals surface area (Å²) in [5, 5.41) is 11.7. The van der Waals surface area contributed by atoms with E-state index >= 15 is 0 Å². The first-order chi connectivity index (χ1) is 7.67. The van der Waals surface area contributed by atoms with Crippen LogP contribution >= 0.6 is 15.9 Å². The third kappa shape index (κ3) is 3.00. The molecule has 1 amide bonds. The maximum absolute atomic E-state index is 11.0. The fourth-order valence-corrected chi connectivity index (χ4v) is 2.11. The number of halogens is 1. The highest BCUT2D eigenvalue weighted by Gasteiger charge is 2.40. The van der Waals surface area contributed by atoms with Gasteiger partial charge in [0, 0.05) is 4.47 Å². The number of amides is 1. The Hall–Kier alpha value is -1.03. The van der Waals surface area contributed by atoms with Crippen molar-refractivity contribution in [2.24, 2.45) is 5.41 Å². The SMILES string of the molecule is CC(C)(C)[C@](C)(NC(=O)O)c1cccc(Br)c1. The van der Waals surface area contributed by atoms with Crippen LogP contribution in [-0.4, -0.2) is 11.2 Å². The predicted molar refractivity (Wildman–Crippen MR) is 72.1 cm³/mol. The lowest BCUT2D eigenvalue weighted by atomic mass is 9.70. The number of rotatable bonds is 2. The van der Waals surface area contributed by atoms with Gasteiger partial charge in [-0.1, -0.05) is 48.8 Å². The Morgan fingerprint density at radius 2 is 1.88 bits per heavy atom. The van der Waals surface area contributed by atoms with Crippen LogP contribution in [-0.2, 0) is 5.54 Å². The zero-order chi connectivity index (χ0) is 13.3. The molecule has 0 bridgehead atoms. The molecule has 0 aliphatic rings. The minimum atomic E-state index is -1.01. The molecule has 0 aromatic heterocycles. The Bertz CT molecular complexity index is 426. The quantitative estimate of drug-likeness (QED) is 0.868. The number of nitrogens with one attached hydrogen (secondary N) is 1. The molecule has 0 heterocycles. The summed E-state index contributed by atoms with van der Waals surface area (Å²) < 4.78 is 0.942. The highest BCUT2D eigenvalue weighted by molar-refractivity contribution is 9.10. The van der Waals surface area contributed by atoms with Gasteiger partial charge in [0.1, 0.15) is 0 Å². The van der Waals surface area contributed by atoms with Crippen molar-refractivity contribution in [1.29, 1.82) is 0 Å². The molecule has 0 fully saturated rings. The maximum Gasteiger partial charge on any atom is 0.405 e. The molecule has 2 N–H and O–H groups in total. The van der Waals surface area contributed by atoms with E-state index in [1.54, 1.807) is 0 Å². The molecule has 0 aliphatic heterocycles. The third-order valence-corrected chi connectivity index (χ3v) is 3.75. The Morgan fingerprint density at radius 3 is 2.29 bits per heavy atom. The van der Waals surface area contributed by atoms with E-state index in [0.717, 1.165) is 10.0 Å². The van der Waals surface area contributed by atoms with Gasteiger partial charge in [-0.15, -0.1) is 0 Å². The van der Waals surface area contributed by atoms with Crippen LogP contribution in [0.4, 0.5) is 4.79 Å². The summed E-state index contributed by atoms with van der Waals surface area (Å²) in [6.07, 6.45) is -1.01. The fourth-order valence-electron chi connectivity index (χ4n) is 1.71. The van der Waals surface area contributed by atoms with Gasteiger partial charge >= 0.3 is 6.09 Å². The molecule has 0 spiro atoms. The molecule has 0 aliphatic carbocycles. The molecular formula is C13H18BrNO2. The van der Waals surface area contributed by atoms with Gasteiger partial charge < -0.3 is 10.4 Å². The highest BCUT2D eigenvalue weighted by atomic mass is 79.9. The van der Waals surface area contributed by atoms with Crippen LogP contribution in [0.2, 0.25) is 0 Å². The summed E-state index contributed by atoms with van der Waals surface area (Å²) in [4.78, 5) is 11.0. The lowest BCUT2D eigenvalue weighted by Crippen LogP contribution is -2.51. The van der Waals surface area contributed by atoms with E-state index in [1.807, 2.05) is 52.0 Å². The van der Waals surface area contributed by atoms with E-state index < -0.39 is 11.6 Å². The molecule has 4 heteroatoms. The zero-order valence-electron chi connectivity index (χ0n) is 10.5. The van der Waals surface area contributed by atoms with Gasteiger partial charge in [-0.25, -0.2) is 4.79 Å². The molecule has 1 atom stereocenters. The fraction of sp³-hybridized carbons (Fsp3) is 0.462. The number of hydrogen-bond donors (Lipinski definition) is 2. The molecule has 1 rings (SSSR count). The molecule has 1 aromatic rings. The van der Waals surface area contributed by atoms with Crippen LogP contribution in [0.25, 0.3) is 0 Å². The lowest BCUT2D eigenvalue weighted by Gasteiger charge is -2.42. The average molecular weight is 300 g/mol. The second-order valence-electron chi connectivity index (χ2n) is 5.32. The summed E-state index contributed by atoms with van der Waals surface area (Å²) in [6.45, 7) is 7.96. The van der Waals surface area contributed by atoms with E-state index in [2.05, 4.69) is 21.2 Å². The molecule has 17 heavy (non-hydrogen) atoms. The monoisotopic (exact) mass is 299 g/mol. The van der Waals surface area contributed by atoms with Crippen molar-refractivity contribution in [2.45, 2.75) is 33.2 Å². The largest absolute Gasteiger partial charge is 0.465 e. The average Bonchev–Trinajstić information content (AvgIpc) is 2.14. The second-order valence-corrected chi connectivity index (χ2v) is 6.23. The molecule has 0 unspecified atom stereocenters. The van der Waals surface area contributed by atoms with Crippen LogP contribution < -0.4 is 5.32 Å². The van der Waals surface area contributed by atoms with Crippen molar-refractivity contribution in [1.82, 2.24) is 5.32 Å². The van der Waals surface area contributed by atoms with Crippen LogP contribution in [0.1, 0.15) is 33.3 Å². The summed E-state index contributed by atoms with van der Waals surface area (Å²) in [7, 11) is 0. The molecule has 0 radical (unpaired) electrons. The van der Waals surface area contributed by atoms with Crippen LogP contribution in [0, 0.1) is 5.41 Å². The van der Waals surface area contributed by atoms with Gasteiger partial charge in [0.05, 0.1) is 5.54 Å². The lowest BCUT2D eigenvalue weighted by molar-refractivity contribution is 0.130. The van der Waals surface area contributed by atoms with Crippen LogP contribution in [0.15, 0.2) is 28.7 Å². The molecular weight excluding hydrogens is 282 g/mol. The van der Waals surface area contributed by atoms with Crippen LogP contribution in [0.3, 0.4) is 0 Å². The topological polar surface area (TPSA) is 49.3 Å². The molecule has 0 saturated carbocycles. The van der Waals surface area contributed by atoms with Crippen molar-refractivity contribution < 1.29 is 9.90 Å². The Balaban J connectivity index is 3.29. The normalized spacial score (nSPS) is 15.1. The summed E-state index contributed by atoms with van der Waals surface area (Å²) in [6, 6.07) is 7.72. The number of carbonyl (C=O) groups is 1. The summed E-state index contributed by atoms with van der Waals surface area (Å²) in [5.74, 6) is 0. The first kappa shape index (κ1) is 14.0. The first-order valence-corrected chi connectivity index (χ1v) is 6.23. The maximum atomic E-state index is 11.0. The van der Waals surface area contributed by atoms with E-state index in [0.29, 0.717) is 0 Å². The van der Waals surface area contributed by atoms with E-state index in [9.17, 15) is 4.79 Å². The Kier molecular flexibility index (Phi) is 3.87. The van der Waals surface area contributed by atoms with E-state index in [4.69, 9.17) is 5.11 Å². The smallest absolute Gasteiger partial charge is 0.405 e. The minimum absolute atomic E-state index is 0.230. The first-order valence-electron chi connectivity index (χ1n) is 5.44. The van der Waals surface area contributed by atoms with Crippen molar-refractivity contribution in [2.75, 3.05) is 0 Å². The molecule has 94 valence electrons. The third-order valence-electron chi connectivity index (χ3n) is 3.26. The van der Waals surface area contributed by atoms with Gasteiger partial charge in [-0.2, -0.15) is 0 Å². The van der Waals surface area contributed by atoms with Gasteiger partial charge in [0.25, 0.3) is 0 Å². The zero-order valence-corrected chi connectivity index (χ0v) is 12.1. The summed E-state index contributed by atoms with van der Waals surface area (Å²) in [5.41, 5.74) is 0.0798. The van der Waals surface area contributed by atoms with E-state index in [-0.39, 0.29) is 5.41 Å². The van der Waals surface area contributed by atoms with Gasteiger partial charge in [0.15, 0.2) is 0 Å². The number of hydrogen-bond acceptors (Lipinski definition) is 1. The Labute approximate surface area is 110 Å². The minimum Gasteiger partial charge on any atom is -0.465 e. The second kappa shape index (κ2) is 4.69. The van der Waals surface area contributed by atoms with E-state index in [1.165, 1.54) is 0 Å². The predicted octanol–water partition coefficient (Wildman–Crippen LogP) is 3.98. The number of carboxylic acid groups (broad SMARTS) is 1. The molecule has 1 aromatic carbocycles. The molecule has 0 saturated heterocycles. The van der Waals surface area contributed by atoms with Gasteiger partial charge in [0.2, 0.25) is 0 Å². The summed E-state index contributed by atoms with van der Waals surface area (Å²) >= 11 is 3.41. The van der Waals surface area contributed by atoms with Gasteiger partial charge in [-0.3, -0.25) is 0 Å².